The van der Waals surface area contributed by atoms with Crippen LogP contribution in [0.3, 0.4) is 0 Å². The number of nitrogens with one attached hydrogen (secondary N) is 1. The van der Waals surface area contributed by atoms with E-state index in [1.807, 2.05) is 24.3 Å². The summed E-state index contributed by atoms with van der Waals surface area (Å²) in [6.45, 7) is 4.44. The molecule has 0 radical (unpaired) electrons. The molecule has 4 heteroatoms. The quantitative estimate of drug-likeness (QED) is 0.897. The SMILES string of the molecule is CCNC1CCOCC1Oc1ccccc1Cl. The second-order valence-corrected chi connectivity index (χ2v) is 4.52. The zero-order valence-electron chi connectivity index (χ0n) is 9.99. The molecule has 1 fully saturated rings. The molecular weight excluding hydrogens is 238 g/mol. The molecule has 2 atom stereocenters. The number of benzene rings is 1. The molecule has 2 unspecified atom stereocenters. The van der Waals surface area contributed by atoms with Gasteiger partial charge in [-0.1, -0.05) is 30.7 Å². The third-order valence-corrected chi connectivity index (χ3v) is 3.20. The summed E-state index contributed by atoms with van der Waals surface area (Å²) in [5.41, 5.74) is 0. The Kier molecular flexibility index (Phi) is 4.66. The van der Waals surface area contributed by atoms with Crippen LogP contribution in [0.2, 0.25) is 5.02 Å². The highest BCUT2D eigenvalue weighted by molar-refractivity contribution is 6.32. The van der Waals surface area contributed by atoms with E-state index in [0.29, 0.717) is 17.7 Å². The predicted octanol–water partition coefficient (Wildman–Crippen LogP) is 2.49. The van der Waals surface area contributed by atoms with Gasteiger partial charge in [-0.15, -0.1) is 0 Å². The molecule has 3 nitrogen and oxygen atoms in total. The van der Waals surface area contributed by atoms with Crippen molar-refractivity contribution >= 4 is 11.6 Å². The monoisotopic (exact) mass is 255 g/mol. The number of para-hydroxylation sites is 1. The summed E-state index contributed by atoms with van der Waals surface area (Å²) in [7, 11) is 0. The van der Waals surface area contributed by atoms with Crippen molar-refractivity contribution in [2.24, 2.45) is 0 Å². The summed E-state index contributed by atoms with van der Waals surface area (Å²) >= 11 is 6.08. The van der Waals surface area contributed by atoms with E-state index in [0.717, 1.165) is 25.3 Å². The van der Waals surface area contributed by atoms with E-state index in [1.54, 1.807) is 0 Å². The highest BCUT2D eigenvalue weighted by Crippen LogP contribution is 2.26. The largest absolute Gasteiger partial charge is 0.485 e. The van der Waals surface area contributed by atoms with Crippen molar-refractivity contribution in [3.8, 4) is 5.75 Å². The van der Waals surface area contributed by atoms with Crippen LogP contribution in [0.25, 0.3) is 0 Å². The number of likely N-dealkylation sites (N-methyl/N-ethyl adjacent to an activating group) is 1. The van der Waals surface area contributed by atoms with E-state index in [1.165, 1.54) is 0 Å². The lowest BCUT2D eigenvalue weighted by molar-refractivity contribution is -0.0142. The lowest BCUT2D eigenvalue weighted by Gasteiger charge is -2.32. The minimum atomic E-state index is 0.0311. The first-order valence-electron chi connectivity index (χ1n) is 6.03. The average molecular weight is 256 g/mol. The van der Waals surface area contributed by atoms with E-state index < -0.39 is 0 Å². The molecular formula is C13H18ClNO2. The Bertz CT molecular complexity index is 357. The molecule has 0 aromatic heterocycles. The fourth-order valence-corrected chi connectivity index (χ4v) is 2.21. The maximum atomic E-state index is 6.08. The van der Waals surface area contributed by atoms with Gasteiger partial charge in [-0.25, -0.2) is 0 Å². The smallest absolute Gasteiger partial charge is 0.138 e. The normalized spacial score (nSPS) is 24.6. The third kappa shape index (κ3) is 3.35. The Hall–Kier alpha value is -0.770. The summed E-state index contributed by atoms with van der Waals surface area (Å²) < 4.78 is 11.4. The highest BCUT2D eigenvalue weighted by atomic mass is 35.5. The second-order valence-electron chi connectivity index (χ2n) is 4.11. The van der Waals surface area contributed by atoms with Gasteiger partial charge in [-0.3, -0.25) is 0 Å². The van der Waals surface area contributed by atoms with Crippen LogP contribution in [0, 0.1) is 0 Å². The van der Waals surface area contributed by atoms with Gasteiger partial charge in [0.25, 0.3) is 0 Å². The van der Waals surface area contributed by atoms with Crippen LogP contribution in [0.4, 0.5) is 0 Å². The van der Waals surface area contributed by atoms with Crippen LogP contribution in [0.15, 0.2) is 24.3 Å². The maximum absolute atomic E-state index is 6.08. The van der Waals surface area contributed by atoms with Gasteiger partial charge < -0.3 is 14.8 Å². The molecule has 0 aliphatic carbocycles. The van der Waals surface area contributed by atoms with Crippen molar-refractivity contribution in [2.75, 3.05) is 19.8 Å². The number of halogens is 1. The van der Waals surface area contributed by atoms with E-state index >= 15 is 0 Å². The lowest BCUT2D eigenvalue weighted by Crippen LogP contribution is -2.49. The molecule has 1 aromatic rings. The number of hydrogen-bond acceptors (Lipinski definition) is 3. The summed E-state index contributed by atoms with van der Waals surface area (Å²) in [5, 5.41) is 4.07. The standard InChI is InChI=1S/C13H18ClNO2/c1-2-15-11-7-8-16-9-13(11)17-12-6-4-3-5-10(12)14/h3-6,11,13,15H,2,7-9H2,1H3. The molecule has 1 N–H and O–H groups in total. The molecule has 1 aromatic carbocycles. The molecule has 0 bridgehead atoms. The van der Waals surface area contributed by atoms with Gasteiger partial charge in [0.2, 0.25) is 0 Å². The van der Waals surface area contributed by atoms with Crippen LogP contribution >= 0.6 is 11.6 Å². The zero-order chi connectivity index (χ0) is 12.1. The number of hydrogen-bond donors (Lipinski definition) is 1. The summed E-state index contributed by atoms with van der Waals surface area (Å²) in [6, 6.07) is 7.88. The van der Waals surface area contributed by atoms with Crippen molar-refractivity contribution in [3.63, 3.8) is 0 Å². The van der Waals surface area contributed by atoms with E-state index in [4.69, 9.17) is 21.1 Å². The molecule has 0 saturated carbocycles. The molecule has 17 heavy (non-hydrogen) atoms. The Morgan fingerprint density at radius 3 is 3.06 bits per heavy atom. The summed E-state index contributed by atoms with van der Waals surface area (Å²) in [4.78, 5) is 0. The van der Waals surface area contributed by atoms with E-state index in [2.05, 4.69) is 12.2 Å². The first-order chi connectivity index (χ1) is 8.31. The number of rotatable bonds is 4. The summed E-state index contributed by atoms with van der Waals surface area (Å²) in [6.07, 6.45) is 1.01. The fraction of sp³-hybridized carbons (Fsp3) is 0.538. The van der Waals surface area contributed by atoms with Crippen LogP contribution in [0.5, 0.6) is 5.75 Å². The molecule has 0 spiro atoms. The van der Waals surface area contributed by atoms with Gasteiger partial charge in [0.1, 0.15) is 11.9 Å². The van der Waals surface area contributed by atoms with Crippen molar-refractivity contribution in [1.29, 1.82) is 0 Å². The molecule has 1 aliphatic heterocycles. The fourth-order valence-electron chi connectivity index (χ4n) is 2.03. The van der Waals surface area contributed by atoms with Gasteiger partial charge in [0, 0.05) is 12.6 Å². The Morgan fingerprint density at radius 1 is 1.47 bits per heavy atom. The lowest BCUT2D eigenvalue weighted by atomic mass is 10.1. The Labute approximate surface area is 107 Å². The molecule has 1 aliphatic rings. The van der Waals surface area contributed by atoms with E-state index in [9.17, 15) is 0 Å². The van der Waals surface area contributed by atoms with Crippen LogP contribution in [-0.2, 0) is 4.74 Å². The number of ether oxygens (including phenoxy) is 2. The van der Waals surface area contributed by atoms with E-state index in [-0.39, 0.29) is 6.10 Å². The molecule has 1 saturated heterocycles. The average Bonchev–Trinajstić information content (AvgIpc) is 2.35. The van der Waals surface area contributed by atoms with Gasteiger partial charge in [0.15, 0.2) is 0 Å². The third-order valence-electron chi connectivity index (χ3n) is 2.89. The molecule has 2 rings (SSSR count). The topological polar surface area (TPSA) is 30.5 Å². The van der Waals surface area contributed by atoms with Crippen LogP contribution < -0.4 is 10.1 Å². The van der Waals surface area contributed by atoms with Crippen molar-refractivity contribution in [1.82, 2.24) is 5.32 Å². The Balaban J connectivity index is 2.03. The van der Waals surface area contributed by atoms with Gasteiger partial charge in [0.05, 0.1) is 11.6 Å². The minimum Gasteiger partial charge on any atom is -0.485 e. The maximum Gasteiger partial charge on any atom is 0.138 e. The first-order valence-corrected chi connectivity index (χ1v) is 6.41. The van der Waals surface area contributed by atoms with Gasteiger partial charge in [-0.2, -0.15) is 0 Å². The highest BCUT2D eigenvalue weighted by Gasteiger charge is 2.27. The summed E-state index contributed by atoms with van der Waals surface area (Å²) in [5.74, 6) is 0.729. The Morgan fingerprint density at radius 2 is 2.29 bits per heavy atom. The molecule has 94 valence electrons. The van der Waals surface area contributed by atoms with Gasteiger partial charge in [-0.05, 0) is 25.1 Å². The molecule has 1 heterocycles. The minimum absolute atomic E-state index is 0.0311. The van der Waals surface area contributed by atoms with Crippen molar-refractivity contribution in [3.05, 3.63) is 29.3 Å². The van der Waals surface area contributed by atoms with Gasteiger partial charge >= 0.3 is 0 Å². The van der Waals surface area contributed by atoms with Crippen molar-refractivity contribution < 1.29 is 9.47 Å². The van der Waals surface area contributed by atoms with Crippen LogP contribution in [0.1, 0.15) is 13.3 Å². The molecule has 0 amide bonds. The predicted molar refractivity (Wildman–Crippen MR) is 68.8 cm³/mol. The van der Waals surface area contributed by atoms with Crippen molar-refractivity contribution in [2.45, 2.75) is 25.5 Å². The second kappa shape index (κ2) is 6.24. The first kappa shape index (κ1) is 12.7. The zero-order valence-corrected chi connectivity index (χ0v) is 10.7. The van der Waals surface area contributed by atoms with Crippen LogP contribution in [-0.4, -0.2) is 31.9 Å².